The van der Waals surface area contributed by atoms with E-state index in [4.69, 9.17) is 0 Å². The monoisotopic (exact) mass is 273 g/mol. The van der Waals surface area contributed by atoms with Crippen molar-refractivity contribution < 1.29 is 12.8 Å². The fourth-order valence-corrected chi connectivity index (χ4v) is 2.50. The van der Waals surface area contributed by atoms with Gasteiger partial charge in [0.15, 0.2) is 0 Å². The van der Waals surface area contributed by atoms with Crippen molar-refractivity contribution in [1.29, 1.82) is 0 Å². The minimum absolute atomic E-state index is 0.0925. The predicted molar refractivity (Wildman–Crippen MR) is 71.8 cm³/mol. The van der Waals surface area contributed by atoms with E-state index in [-0.39, 0.29) is 23.4 Å². The van der Waals surface area contributed by atoms with Crippen molar-refractivity contribution >= 4 is 9.84 Å². The third kappa shape index (κ3) is 5.14. The summed E-state index contributed by atoms with van der Waals surface area (Å²) in [6.45, 7) is 4.27. The molecule has 0 saturated carbocycles. The van der Waals surface area contributed by atoms with Crippen molar-refractivity contribution in [2.24, 2.45) is 0 Å². The van der Waals surface area contributed by atoms with Gasteiger partial charge in [-0.3, -0.25) is 0 Å². The number of benzene rings is 1. The molecule has 0 aliphatic rings. The summed E-state index contributed by atoms with van der Waals surface area (Å²) in [5.74, 6) is 0.160. The van der Waals surface area contributed by atoms with Gasteiger partial charge in [-0.15, -0.1) is 0 Å². The van der Waals surface area contributed by atoms with E-state index >= 15 is 0 Å². The van der Waals surface area contributed by atoms with Crippen molar-refractivity contribution in [1.82, 2.24) is 5.32 Å². The summed E-state index contributed by atoms with van der Waals surface area (Å²) in [7, 11) is -2.88. The van der Waals surface area contributed by atoms with Crippen LogP contribution < -0.4 is 5.32 Å². The Balaban J connectivity index is 2.34. The van der Waals surface area contributed by atoms with E-state index in [0.29, 0.717) is 13.0 Å². The first-order valence-corrected chi connectivity index (χ1v) is 7.96. The molecule has 5 heteroatoms. The number of hydrogen-bond acceptors (Lipinski definition) is 3. The zero-order valence-electron chi connectivity index (χ0n) is 10.8. The SMILES string of the molecule is CCS(=O)(=O)CCCN[C@H](C)c1ccc(F)cc1. The Bertz CT molecular complexity index is 456. The van der Waals surface area contributed by atoms with Gasteiger partial charge in [-0.1, -0.05) is 19.1 Å². The first-order valence-electron chi connectivity index (χ1n) is 6.14. The maximum absolute atomic E-state index is 12.7. The van der Waals surface area contributed by atoms with E-state index in [0.717, 1.165) is 5.56 Å². The Labute approximate surface area is 108 Å². The molecule has 0 fully saturated rings. The average molecular weight is 273 g/mol. The van der Waals surface area contributed by atoms with E-state index in [1.165, 1.54) is 12.1 Å². The molecular weight excluding hydrogens is 253 g/mol. The Morgan fingerprint density at radius 3 is 2.44 bits per heavy atom. The van der Waals surface area contributed by atoms with E-state index in [1.807, 2.05) is 6.92 Å². The second kappa shape index (κ2) is 6.85. The average Bonchev–Trinajstić information content (AvgIpc) is 2.35. The molecule has 0 aliphatic heterocycles. The Hall–Kier alpha value is -0.940. The lowest BCUT2D eigenvalue weighted by Crippen LogP contribution is -2.22. The van der Waals surface area contributed by atoms with Gasteiger partial charge in [0.05, 0.1) is 5.75 Å². The van der Waals surface area contributed by atoms with Crippen LogP contribution in [0.4, 0.5) is 4.39 Å². The summed E-state index contributed by atoms with van der Waals surface area (Å²) in [6, 6.07) is 6.41. The van der Waals surface area contributed by atoms with Gasteiger partial charge in [-0.25, -0.2) is 12.8 Å². The van der Waals surface area contributed by atoms with Crippen molar-refractivity contribution in [2.75, 3.05) is 18.1 Å². The van der Waals surface area contributed by atoms with Crippen LogP contribution in [0.5, 0.6) is 0 Å². The van der Waals surface area contributed by atoms with Crippen molar-refractivity contribution in [2.45, 2.75) is 26.3 Å². The summed E-state index contributed by atoms with van der Waals surface area (Å²) in [4.78, 5) is 0. The molecule has 0 heterocycles. The van der Waals surface area contributed by atoms with Crippen molar-refractivity contribution in [3.8, 4) is 0 Å². The molecule has 1 aromatic rings. The molecule has 1 N–H and O–H groups in total. The maximum atomic E-state index is 12.7. The topological polar surface area (TPSA) is 46.2 Å². The molecule has 1 atom stereocenters. The summed E-state index contributed by atoms with van der Waals surface area (Å²) in [6.07, 6.45) is 0.599. The van der Waals surface area contributed by atoms with Crippen LogP contribution in [0.3, 0.4) is 0 Å². The quantitative estimate of drug-likeness (QED) is 0.775. The molecule has 0 aromatic heterocycles. The second-order valence-electron chi connectivity index (χ2n) is 4.32. The van der Waals surface area contributed by atoms with Crippen LogP contribution in [0.1, 0.15) is 31.9 Å². The third-order valence-electron chi connectivity index (χ3n) is 2.89. The molecule has 3 nitrogen and oxygen atoms in total. The van der Waals surface area contributed by atoms with E-state index < -0.39 is 9.84 Å². The Morgan fingerprint density at radius 1 is 1.28 bits per heavy atom. The fraction of sp³-hybridized carbons (Fsp3) is 0.538. The lowest BCUT2D eigenvalue weighted by Gasteiger charge is -2.14. The van der Waals surface area contributed by atoms with Crippen LogP contribution in [0, 0.1) is 5.82 Å². The molecule has 1 aromatic carbocycles. The van der Waals surface area contributed by atoms with E-state index in [1.54, 1.807) is 19.1 Å². The van der Waals surface area contributed by atoms with E-state index in [9.17, 15) is 12.8 Å². The molecular formula is C13H20FNO2S. The fourth-order valence-electron chi connectivity index (χ4n) is 1.62. The van der Waals surface area contributed by atoms with Crippen LogP contribution in [-0.4, -0.2) is 26.5 Å². The Morgan fingerprint density at radius 2 is 1.89 bits per heavy atom. The minimum Gasteiger partial charge on any atom is -0.310 e. The molecule has 0 unspecified atom stereocenters. The first kappa shape index (κ1) is 15.1. The molecule has 0 spiro atoms. The van der Waals surface area contributed by atoms with Crippen molar-refractivity contribution in [3.05, 3.63) is 35.6 Å². The van der Waals surface area contributed by atoms with Crippen LogP contribution in [-0.2, 0) is 9.84 Å². The van der Waals surface area contributed by atoms with Crippen LogP contribution in [0.15, 0.2) is 24.3 Å². The second-order valence-corrected chi connectivity index (χ2v) is 6.79. The highest BCUT2D eigenvalue weighted by molar-refractivity contribution is 7.91. The molecule has 0 amide bonds. The van der Waals surface area contributed by atoms with Gasteiger partial charge < -0.3 is 5.32 Å². The highest BCUT2D eigenvalue weighted by atomic mass is 32.2. The van der Waals surface area contributed by atoms with Crippen molar-refractivity contribution in [3.63, 3.8) is 0 Å². The first-order chi connectivity index (χ1) is 8.44. The summed E-state index contributed by atoms with van der Waals surface area (Å²) < 4.78 is 35.3. The van der Waals surface area contributed by atoms with Crippen LogP contribution in [0.2, 0.25) is 0 Å². The van der Waals surface area contributed by atoms with Gasteiger partial charge in [0.2, 0.25) is 0 Å². The number of nitrogens with one attached hydrogen (secondary N) is 1. The van der Waals surface area contributed by atoms with Gasteiger partial charge >= 0.3 is 0 Å². The predicted octanol–water partition coefficient (Wildman–Crippen LogP) is 2.30. The number of rotatable bonds is 7. The highest BCUT2D eigenvalue weighted by Crippen LogP contribution is 2.12. The minimum atomic E-state index is -2.88. The third-order valence-corrected chi connectivity index (χ3v) is 4.68. The van der Waals surface area contributed by atoms with Gasteiger partial charge in [-0.2, -0.15) is 0 Å². The van der Waals surface area contributed by atoms with Gasteiger partial charge in [0.1, 0.15) is 15.7 Å². The number of sulfone groups is 1. The van der Waals surface area contributed by atoms with Crippen LogP contribution >= 0.6 is 0 Å². The standard InChI is InChI=1S/C13H20FNO2S/c1-3-18(16,17)10-4-9-15-11(2)12-5-7-13(14)8-6-12/h5-8,11,15H,3-4,9-10H2,1-2H3/t11-/m1/s1. The largest absolute Gasteiger partial charge is 0.310 e. The molecule has 18 heavy (non-hydrogen) atoms. The zero-order valence-corrected chi connectivity index (χ0v) is 11.6. The Kier molecular flexibility index (Phi) is 5.75. The summed E-state index contributed by atoms with van der Waals surface area (Å²) in [5.41, 5.74) is 0.995. The highest BCUT2D eigenvalue weighted by Gasteiger charge is 2.08. The zero-order chi connectivity index (χ0) is 13.6. The maximum Gasteiger partial charge on any atom is 0.150 e. The molecule has 102 valence electrons. The molecule has 0 radical (unpaired) electrons. The van der Waals surface area contributed by atoms with Gasteiger partial charge in [0.25, 0.3) is 0 Å². The normalized spacial score (nSPS) is 13.5. The lowest BCUT2D eigenvalue weighted by atomic mass is 10.1. The molecule has 0 aliphatic carbocycles. The van der Waals surface area contributed by atoms with Gasteiger partial charge in [0, 0.05) is 11.8 Å². The summed E-state index contributed by atoms with van der Waals surface area (Å²) >= 11 is 0. The number of hydrogen-bond donors (Lipinski definition) is 1. The summed E-state index contributed by atoms with van der Waals surface area (Å²) in [5, 5.41) is 3.23. The van der Waals surface area contributed by atoms with Crippen LogP contribution in [0.25, 0.3) is 0 Å². The van der Waals surface area contributed by atoms with E-state index in [2.05, 4.69) is 5.32 Å². The molecule has 0 saturated heterocycles. The lowest BCUT2D eigenvalue weighted by molar-refractivity contribution is 0.558. The molecule has 1 rings (SSSR count). The number of halogens is 1. The smallest absolute Gasteiger partial charge is 0.150 e. The van der Waals surface area contributed by atoms with Gasteiger partial charge in [-0.05, 0) is 37.6 Å². The molecule has 0 bridgehead atoms.